The van der Waals surface area contributed by atoms with E-state index >= 15 is 0 Å². The predicted octanol–water partition coefficient (Wildman–Crippen LogP) is 3.91. The lowest BCUT2D eigenvalue weighted by Crippen LogP contribution is -2.27. The Labute approximate surface area is 132 Å². The summed E-state index contributed by atoms with van der Waals surface area (Å²) in [6.45, 7) is 1.66. The van der Waals surface area contributed by atoms with Gasteiger partial charge in [0.1, 0.15) is 0 Å². The van der Waals surface area contributed by atoms with Gasteiger partial charge in [-0.2, -0.15) is 13.2 Å². The molecule has 23 heavy (non-hydrogen) atoms. The van der Waals surface area contributed by atoms with Crippen molar-refractivity contribution in [2.75, 3.05) is 0 Å². The maximum atomic E-state index is 12.7. The minimum atomic E-state index is -4.39. The molecule has 0 radical (unpaired) electrons. The molecule has 1 unspecified atom stereocenters. The molecular weight excluding hydrogens is 305 g/mol. The summed E-state index contributed by atoms with van der Waals surface area (Å²) in [5.41, 5.74) is 0.649. The third kappa shape index (κ3) is 5.09. The van der Waals surface area contributed by atoms with Crippen LogP contribution in [0.5, 0.6) is 0 Å². The smallest absolute Gasteiger partial charge is 0.350 e. The van der Waals surface area contributed by atoms with E-state index in [-0.39, 0.29) is 12.3 Å². The van der Waals surface area contributed by atoms with Crippen LogP contribution in [-0.4, -0.2) is 10.9 Å². The summed E-state index contributed by atoms with van der Waals surface area (Å²) in [6, 6.07) is 8.16. The Morgan fingerprint density at radius 3 is 2.70 bits per heavy atom. The van der Waals surface area contributed by atoms with E-state index in [1.807, 2.05) is 6.07 Å². The fourth-order valence-electron chi connectivity index (χ4n) is 2.19. The van der Waals surface area contributed by atoms with Crippen molar-refractivity contribution < 1.29 is 18.0 Å². The lowest BCUT2D eigenvalue weighted by atomic mass is 10.0. The number of aromatic nitrogens is 1. The highest BCUT2D eigenvalue weighted by atomic mass is 19.4. The van der Waals surface area contributed by atoms with E-state index in [0.29, 0.717) is 12.0 Å². The number of hydrogen-bond acceptors (Lipinski definition) is 2. The van der Waals surface area contributed by atoms with Crippen molar-refractivity contribution in [3.8, 4) is 0 Å². The topological polar surface area (TPSA) is 42.0 Å². The quantitative estimate of drug-likeness (QED) is 0.907. The lowest BCUT2D eigenvalue weighted by Gasteiger charge is -2.16. The third-order valence-corrected chi connectivity index (χ3v) is 3.45. The Kier molecular flexibility index (Phi) is 5.36. The van der Waals surface area contributed by atoms with Crippen LogP contribution in [0.3, 0.4) is 0 Å². The maximum Gasteiger partial charge on any atom is 0.416 e. The van der Waals surface area contributed by atoms with Gasteiger partial charge < -0.3 is 5.32 Å². The average Bonchev–Trinajstić information content (AvgIpc) is 2.53. The van der Waals surface area contributed by atoms with Crippen molar-refractivity contribution in [2.45, 2.75) is 32.0 Å². The van der Waals surface area contributed by atoms with Crippen LogP contribution < -0.4 is 5.32 Å². The summed E-state index contributed by atoms with van der Waals surface area (Å²) in [5, 5.41) is 2.72. The number of nitrogens with one attached hydrogen (secondary N) is 1. The number of pyridine rings is 1. The number of amides is 1. The van der Waals surface area contributed by atoms with Crippen LogP contribution in [-0.2, 0) is 17.4 Å². The van der Waals surface area contributed by atoms with Crippen molar-refractivity contribution >= 4 is 5.91 Å². The number of aryl methyl sites for hydroxylation is 1. The number of halogens is 3. The molecule has 1 atom stereocenters. The lowest BCUT2D eigenvalue weighted by molar-refractivity contribution is -0.137. The molecule has 1 amide bonds. The number of carbonyl (C=O) groups is 1. The van der Waals surface area contributed by atoms with Crippen molar-refractivity contribution in [3.05, 3.63) is 65.5 Å². The van der Waals surface area contributed by atoms with Crippen LogP contribution in [0.15, 0.2) is 48.8 Å². The highest BCUT2D eigenvalue weighted by Gasteiger charge is 2.30. The van der Waals surface area contributed by atoms with E-state index in [1.165, 1.54) is 6.07 Å². The van der Waals surface area contributed by atoms with Crippen molar-refractivity contribution in [2.24, 2.45) is 0 Å². The van der Waals surface area contributed by atoms with Gasteiger partial charge in [-0.05, 0) is 42.7 Å². The Bertz CT molecular complexity index is 656. The van der Waals surface area contributed by atoms with E-state index in [4.69, 9.17) is 0 Å². The molecule has 0 aliphatic heterocycles. The van der Waals surface area contributed by atoms with Crippen LogP contribution in [0.4, 0.5) is 13.2 Å². The van der Waals surface area contributed by atoms with E-state index in [0.717, 1.165) is 17.7 Å². The molecule has 3 nitrogen and oxygen atoms in total. The van der Waals surface area contributed by atoms with Crippen LogP contribution in [0.2, 0.25) is 0 Å². The monoisotopic (exact) mass is 322 g/mol. The molecule has 2 rings (SSSR count). The van der Waals surface area contributed by atoms with Crippen LogP contribution in [0.1, 0.15) is 36.1 Å². The van der Waals surface area contributed by atoms with Crippen molar-refractivity contribution in [3.63, 3.8) is 0 Å². The van der Waals surface area contributed by atoms with Crippen molar-refractivity contribution in [1.29, 1.82) is 0 Å². The molecule has 0 saturated carbocycles. The third-order valence-electron chi connectivity index (χ3n) is 3.45. The van der Waals surface area contributed by atoms with Gasteiger partial charge in [-0.25, -0.2) is 0 Å². The molecule has 1 N–H and O–H groups in total. The average molecular weight is 322 g/mol. The fraction of sp³-hybridized carbons (Fsp3) is 0.294. The summed E-state index contributed by atoms with van der Waals surface area (Å²) < 4.78 is 38.1. The first-order chi connectivity index (χ1) is 10.9. The molecule has 0 saturated heterocycles. The standard InChI is InChI=1S/C17H17F3N2O/c1-12(14-5-2-6-15(10-14)17(18,19)20)22-16(23)8-7-13-4-3-9-21-11-13/h2-6,9-12H,7-8H2,1H3,(H,22,23). The highest BCUT2D eigenvalue weighted by molar-refractivity contribution is 5.76. The number of rotatable bonds is 5. The van der Waals surface area contributed by atoms with Gasteiger partial charge in [-0.15, -0.1) is 0 Å². The van der Waals surface area contributed by atoms with Crippen molar-refractivity contribution in [1.82, 2.24) is 10.3 Å². The Hall–Kier alpha value is -2.37. The van der Waals surface area contributed by atoms with Gasteiger partial charge in [0.2, 0.25) is 5.91 Å². The van der Waals surface area contributed by atoms with E-state index in [9.17, 15) is 18.0 Å². The first-order valence-corrected chi connectivity index (χ1v) is 7.21. The molecule has 0 spiro atoms. The van der Waals surface area contributed by atoms with E-state index in [1.54, 1.807) is 31.5 Å². The molecule has 1 aromatic heterocycles. The molecule has 0 bridgehead atoms. The van der Waals surface area contributed by atoms with E-state index < -0.39 is 17.8 Å². The number of nitrogens with zero attached hydrogens (tertiary/aromatic N) is 1. The van der Waals surface area contributed by atoms with Gasteiger partial charge in [-0.1, -0.05) is 18.2 Å². The summed E-state index contributed by atoms with van der Waals surface area (Å²) in [6.07, 6.45) is -0.257. The largest absolute Gasteiger partial charge is 0.416 e. The summed E-state index contributed by atoms with van der Waals surface area (Å²) in [7, 11) is 0. The Balaban J connectivity index is 1.93. The Morgan fingerprint density at radius 2 is 2.04 bits per heavy atom. The van der Waals surface area contributed by atoms with Crippen LogP contribution >= 0.6 is 0 Å². The zero-order valence-corrected chi connectivity index (χ0v) is 12.6. The maximum absolute atomic E-state index is 12.7. The highest BCUT2D eigenvalue weighted by Crippen LogP contribution is 2.30. The zero-order chi connectivity index (χ0) is 16.9. The second kappa shape index (κ2) is 7.26. The molecule has 0 aliphatic rings. The minimum absolute atomic E-state index is 0.209. The molecule has 1 heterocycles. The molecule has 2 aromatic rings. The van der Waals surface area contributed by atoms with Gasteiger partial charge in [0.15, 0.2) is 0 Å². The minimum Gasteiger partial charge on any atom is -0.350 e. The molecule has 0 fully saturated rings. The molecule has 0 aliphatic carbocycles. The second-order valence-corrected chi connectivity index (χ2v) is 5.27. The number of carbonyl (C=O) groups excluding carboxylic acids is 1. The summed E-state index contributed by atoms with van der Waals surface area (Å²) in [5.74, 6) is -0.209. The number of alkyl halides is 3. The summed E-state index contributed by atoms with van der Waals surface area (Å²) >= 11 is 0. The molecule has 1 aromatic carbocycles. The van der Waals surface area contributed by atoms with Crippen LogP contribution in [0, 0.1) is 0 Å². The van der Waals surface area contributed by atoms with Gasteiger partial charge in [0.25, 0.3) is 0 Å². The van der Waals surface area contributed by atoms with Gasteiger partial charge in [0.05, 0.1) is 11.6 Å². The van der Waals surface area contributed by atoms with Gasteiger partial charge >= 0.3 is 6.18 Å². The number of benzene rings is 1. The first kappa shape index (κ1) is 17.0. The van der Waals surface area contributed by atoms with E-state index in [2.05, 4.69) is 10.3 Å². The fourth-order valence-corrected chi connectivity index (χ4v) is 2.19. The zero-order valence-electron chi connectivity index (χ0n) is 12.6. The van der Waals surface area contributed by atoms with Gasteiger partial charge in [0, 0.05) is 18.8 Å². The molecular formula is C17H17F3N2O. The normalized spacial score (nSPS) is 12.7. The van der Waals surface area contributed by atoms with Gasteiger partial charge in [-0.3, -0.25) is 9.78 Å². The SMILES string of the molecule is CC(NC(=O)CCc1cccnc1)c1cccc(C(F)(F)F)c1. The van der Waals surface area contributed by atoms with Crippen LogP contribution in [0.25, 0.3) is 0 Å². The summed E-state index contributed by atoms with van der Waals surface area (Å²) in [4.78, 5) is 15.9. The Morgan fingerprint density at radius 1 is 1.26 bits per heavy atom. The first-order valence-electron chi connectivity index (χ1n) is 7.21. The molecule has 6 heteroatoms. The molecule has 122 valence electrons. The predicted molar refractivity (Wildman–Crippen MR) is 80.6 cm³/mol. The number of hydrogen-bond donors (Lipinski definition) is 1. The second-order valence-electron chi connectivity index (χ2n) is 5.27.